The van der Waals surface area contributed by atoms with E-state index < -0.39 is 0 Å². The highest BCUT2D eigenvalue weighted by Gasteiger charge is 2.18. The summed E-state index contributed by atoms with van der Waals surface area (Å²) in [5.41, 5.74) is 4.53. The number of piperidine rings is 1. The topological polar surface area (TPSA) is 112 Å². The van der Waals surface area contributed by atoms with Crippen molar-refractivity contribution in [2.24, 2.45) is 0 Å². The van der Waals surface area contributed by atoms with Crippen LogP contribution in [0.1, 0.15) is 38.4 Å². The first-order chi connectivity index (χ1) is 19.4. The van der Waals surface area contributed by atoms with Gasteiger partial charge in [-0.2, -0.15) is 5.10 Å². The first-order valence-electron chi connectivity index (χ1n) is 13.1. The predicted molar refractivity (Wildman–Crippen MR) is 158 cm³/mol. The highest BCUT2D eigenvalue weighted by molar-refractivity contribution is 7.15. The van der Waals surface area contributed by atoms with Gasteiger partial charge in [0.15, 0.2) is 5.13 Å². The Balaban J connectivity index is 1.12. The van der Waals surface area contributed by atoms with Crippen molar-refractivity contribution in [2.75, 3.05) is 28.6 Å². The highest BCUT2D eigenvalue weighted by atomic mass is 32.1. The monoisotopic (exact) mass is 552 g/mol. The number of carbonyl (C=O) groups is 2. The van der Waals surface area contributed by atoms with Gasteiger partial charge in [-0.25, -0.2) is 9.67 Å². The van der Waals surface area contributed by atoms with Gasteiger partial charge < -0.3 is 15.3 Å². The van der Waals surface area contributed by atoms with Crippen molar-refractivity contribution in [3.05, 3.63) is 95.1 Å². The molecule has 6 rings (SSSR count). The standard InChI is InChI=1S/C30H28N6O3S/c1-19-17-31-30(40-19)34-29(39)21-4-9-25(10-5-21)36-27-11-6-23(16-22(27)18-32-36)33-28(38)20-2-7-24(8-3-20)35-14-12-26(37)13-15-35/h2-11,16-18,26,37H,12-15H2,1H3,(H,33,38)(H,31,34,39). The van der Waals surface area contributed by atoms with Crippen LogP contribution in [0.2, 0.25) is 0 Å². The molecular formula is C30H28N6O3S. The molecule has 0 unspecified atom stereocenters. The third kappa shape index (κ3) is 5.45. The molecule has 10 heteroatoms. The fourth-order valence-corrected chi connectivity index (χ4v) is 5.46. The molecule has 0 bridgehead atoms. The van der Waals surface area contributed by atoms with Gasteiger partial charge >= 0.3 is 0 Å². The number of anilines is 3. The van der Waals surface area contributed by atoms with Crippen LogP contribution in [-0.4, -0.2) is 50.9 Å². The number of aryl methyl sites for hydroxylation is 1. The molecule has 3 N–H and O–H groups in total. The molecule has 0 atom stereocenters. The van der Waals surface area contributed by atoms with E-state index in [2.05, 4.69) is 25.6 Å². The molecule has 40 heavy (non-hydrogen) atoms. The normalized spacial score (nSPS) is 13.9. The number of aliphatic hydroxyl groups is 1. The van der Waals surface area contributed by atoms with E-state index in [0.717, 1.165) is 53.1 Å². The summed E-state index contributed by atoms with van der Waals surface area (Å²) in [6, 6.07) is 20.4. The first-order valence-corrected chi connectivity index (χ1v) is 13.9. The predicted octanol–water partition coefficient (Wildman–Crippen LogP) is 5.26. The number of aliphatic hydroxyl groups excluding tert-OH is 1. The van der Waals surface area contributed by atoms with Crippen molar-refractivity contribution in [1.29, 1.82) is 0 Å². The Kier molecular flexibility index (Phi) is 7.02. The van der Waals surface area contributed by atoms with Gasteiger partial charge in [-0.1, -0.05) is 0 Å². The van der Waals surface area contributed by atoms with Crippen LogP contribution in [0.4, 0.5) is 16.5 Å². The highest BCUT2D eigenvalue weighted by Crippen LogP contribution is 2.25. The molecule has 202 valence electrons. The Labute approximate surface area is 235 Å². The summed E-state index contributed by atoms with van der Waals surface area (Å²) in [7, 11) is 0. The molecule has 3 heterocycles. The van der Waals surface area contributed by atoms with Gasteiger partial charge in [0.05, 0.1) is 23.5 Å². The van der Waals surface area contributed by atoms with Gasteiger partial charge in [-0.3, -0.25) is 14.9 Å². The summed E-state index contributed by atoms with van der Waals surface area (Å²) in [4.78, 5) is 32.9. The van der Waals surface area contributed by atoms with Crippen LogP contribution in [0.5, 0.6) is 0 Å². The van der Waals surface area contributed by atoms with Crippen molar-refractivity contribution in [1.82, 2.24) is 14.8 Å². The molecule has 0 radical (unpaired) electrons. The van der Waals surface area contributed by atoms with E-state index in [1.54, 1.807) is 29.2 Å². The molecule has 1 aliphatic heterocycles. The summed E-state index contributed by atoms with van der Waals surface area (Å²) in [5, 5.41) is 21.5. The Morgan fingerprint density at radius 3 is 2.17 bits per heavy atom. The maximum atomic E-state index is 12.9. The second-order valence-corrected chi connectivity index (χ2v) is 11.1. The molecule has 0 aliphatic carbocycles. The third-order valence-electron chi connectivity index (χ3n) is 7.00. The number of thiazole rings is 1. The maximum Gasteiger partial charge on any atom is 0.257 e. The van der Waals surface area contributed by atoms with Gasteiger partial charge in [0, 0.05) is 52.1 Å². The van der Waals surface area contributed by atoms with E-state index in [9.17, 15) is 14.7 Å². The molecule has 2 amide bonds. The molecule has 2 aromatic heterocycles. The first kappa shape index (κ1) is 25.7. The molecule has 5 aromatic rings. The molecule has 0 spiro atoms. The van der Waals surface area contributed by atoms with Crippen LogP contribution < -0.4 is 15.5 Å². The van der Waals surface area contributed by atoms with Crippen molar-refractivity contribution >= 4 is 50.6 Å². The molecule has 0 saturated carbocycles. The van der Waals surface area contributed by atoms with Gasteiger partial charge in [-0.05, 0) is 86.5 Å². The van der Waals surface area contributed by atoms with Crippen LogP contribution in [0.3, 0.4) is 0 Å². The van der Waals surface area contributed by atoms with Gasteiger partial charge in [0.25, 0.3) is 11.8 Å². The molecular weight excluding hydrogens is 524 g/mol. The van der Waals surface area contributed by atoms with Crippen molar-refractivity contribution in [2.45, 2.75) is 25.9 Å². The van der Waals surface area contributed by atoms with Crippen LogP contribution in [0.25, 0.3) is 16.6 Å². The van der Waals surface area contributed by atoms with Gasteiger partial charge in [-0.15, -0.1) is 11.3 Å². The maximum absolute atomic E-state index is 12.9. The number of carbonyl (C=O) groups excluding carboxylic acids is 2. The molecule has 9 nitrogen and oxygen atoms in total. The zero-order valence-corrected chi connectivity index (χ0v) is 22.7. The lowest BCUT2D eigenvalue weighted by molar-refractivity contribution is 0.101. The summed E-state index contributed by atoms with van der Waals surface area (Å²) in [5.74, 6) is -0.401. The second-order valence-electron chi connectivity index (χ2n) is 9.83. The molecule has 3 aromatic carbocycles. The zero-order chi connectivity index (χ0) is 27.6. The van der Waals surface area contributed by atoms with E-state index in [1.807, 2.05) is 61.5 Å². The third-order valence-corrected chi connectivity index (χ3v) is 7.83. The Bertz CT molecular complexity index is 1670. The lowest BCUT2D eigenvalue weighted by Gasteiger charge is -2.31. The minimum Gasteiger partial charge on any atom is -0.393 e. The second kappa shape index (κ2) is 10.9. The largest absolute Gasteiger partial charge is 0.393 e. The number of hydrogen-bond donors (Lipinski definition) is 3. The summed E-state index contributed by atoms with van der Waals surface area (Å²) < 4.78 is 1.80. The van der Waals surface area contributed by atoms with Crippen LogP contribution >= 0.6 is 11.3 Å². The molecule has 1 aliphatic rings. The smallest absolute Gasteiger partial charge is 0.257 e. The van der Waals surface area contributed by atoms with Crippen LogP contribution in [-0.2, 0) is 0 Å². The Morgan fingerprint density at radius 2 is 1.52 bits per heavy atom. The van der Waals surface area contributed by atoms with Crippen LogP contribution in [0, 0.1) is 6.92 Å². The zero-order valence-electron chi connectivity index (χ0n) is 21.9. The number of hydrogen-bond acceptors (Lipinski definition) is 7. The summed E-state index contributed by atoms with van der Waals surface area (Å²) in [6.07, 6.45) is 4.78. The molecule has 1 saturated heterocycles. The average Bonchev–Trinajstić information content (AvgIpc) is 3.59. The van der Waals surface area contributed by atoms with Crippen molar-refractivity contribution < 1.29 is 14.7 Å². The number of nitrogens with zero attached hydrogens (tertiary/aromatic N) is 4. The number of nitrogens with one attached hydrogen (secondary N) is 2. The molecule has 1 fully saturated rings. The fraction of sp³-hybridized carbons (Fsp3) is 0.200. The number of aromatic nitrogens is 3. The average molecular weight is 553 g/mol. The van der Waals surface area contributed by atoms with Crippen molar-refractivity contribution in [3.8, 4) is 5.69 Å². The lowest BCUT2D eigenvalue weighted by Crippen LogP contribution is -2.35. The van der Waals surface area contributed by atoms with E-state index in [-0.39, 0.29) is 17.9 Å². The fourth-order valence-electron chi connectivity index (χ4n) is 4.80. The Hall–Kier alpha value is -4.54. The minimum atomic E-state index is -0.219. The van der Waals surface area contributed by atoms with Gasteiger partial charge in [0.2, 0.25) is 0 Å². The minimum absolute atomic E-state index is 0.186. The van der Waals surface area contributed by atoms with Crippen LogP contribution in [0.15, 0.2) is 79.1 Å². The summed E-state index contributed by atoms with van der Waals surface area (Å²) in [6.45, 7) is 3.57. The SMILES string of the molecule is Cc1cnc(NC(=O)c2ccc(-n3ncc4cc(NC(=O)c5ccc(N6CCC(O)CC6)cc5)ccc43)cc2)s1. The number of amides is 2. The number of fused-ring (bicyclic) bond motifs is 1. The van der Waals surface area contributed by atoms with E-state index in [4.69, 9.17) is 0 Å². The quantitative estimate of drug-likeness (QED) is 0.265. The Morgan fingerprint density at radius 1 is 0.875 bits per heavy atom. The van der Waals surface area contributed by atoms with E-state index in [0.29, 0.717) is 21.9 Å². The number of rotatable bonds is 6. The van der Waals surface area contributed by atoms with E-state index in [1.165, 1.54) is 11.3 Å². The summed E-state index contributed by atoms with van der Waals surface area (Å²) >= 11 is 1.43. The van der Waals surface area contributed by atoms with Gasteiger partial charge in [0.1, 0.15) is 0 Å². The van der Waals surface area contributed by atoms with Crippen molar-refractivity contribution in [3.63, 3.8) is 0 Å². The number of benzene rings is 3. The van der Waals surface area contributed by atoms with E-state index >= 15 is 0 Å². The lowest BCUT2D eigenvalue weighted by atomic mass is 10.1.